The number of rotatable bonds is 1. The van der Waals surface area contributed by atoms with Crippen LogP contribution in [0, 0.1) is 6.92 Å². The standard InChI is InChI=1S/C7H7FN/c1-6-3-2-4-7(5-8)9-6/h2-4H,1,5H2. The van der Waals surface area contributed by atoms with Crippen LogP contribution in [0.25, 0.3) is 0 Å². The molecule has 1 nitrogen and oxygen atoms in total. The molecule has 0 N–H and O–H groups in total. The van der Waals surface area contributed by atoms with Gasteiger partial charge < -0.3 is 0 Å². The summed E-state index contributed by atoms with van der Waals surface area (Å²) in [6.07, 6.45) is 0. The first-order valence-corrected chi connectivity index (χ1v) is 2.67. The SMILES string of the molecule is [CH2]c1cccc(CF)n1. The second kappa shape index (κ2) is 2.58. The molecule has 1 aromatic heterocycles. The number of pyridine rings is 1. The highest BCUT2D eigenvalue weighted by Gasteiger charge is 1.89. The van der Waals surface area contributed by atoms with Gasteiger partial charge in [0.05, 0.1) is 5.69 Å². The van der Waals surface area contributed by atoms with Crippen molar-refractivity contribution in [2.24, 2.45) is 0 Å². The van der Waals surface area contributed by atoms with Gasteiger partial charge in [-0.15, -0.1) is 0 Å². The summed E-state index contributed by atoms with van der Waals surface area (Å²) >= 11 is 0. The lowest BCUT2D eigenvalue weighted by atomic mass is 10.3. The third-order valence-electron chi connectivity index (χ3n) is 1.00. The Hall–Kier alpha value is -0.920. The molecule has 0 atom stereocenters. The van der Waals surface area contributed by atoms with Crippen molar-refractivity contribution in [3.05, 3.63) is 36.5 Å². The number of alkyl halides is 1. The molecule has 0 aliphatic carbocycles. The van der Waals surface area contributed by atoms with Gasteiger partial charge in [0.15, 0.2) is 0 Å². The van der Waals surface area contributed by atoms with Crippen molar-refractivity contribution >= 4 is 0 Å². The van der Waals surface area contributed by atoms with E-state index >= 15 is 0 Å². The van der Waals surface area contributed by atoms with Crippen LogP contribution in [0.5, 0.6) is 0 Å². The molecule has 0 amide bonds. The summed E-state index contributed by atoms with van der Waals surface area (Å²) in [6.45, 7) is 3.04. The lowest BCUT2D eigenvalue weighted by molar-refractivity contribution is 0.475. The Morgan fingerprint density at radius 1 is 1.56 bits per heavy atom. The fourth-order valence-corrected chi connectivity index (χ4v) is 0.604. The van der Waals surface area contributed by atoms with Crippen LogP contribution in [-0.2, 0) is 6.67 Å². The maximum Gasteiger partial charge on any atom is 0.131 e. The van der Waals surface area contributed by atoms with Crippen LogP contribution in [0.1, 0.15) is 11.4 Å². The minimum atomic E-state index is -0.511. The molecule has 1 heterocycles. The molecule has 0 fully saturated rings. The Balaban J connectivity index is 2.94. The fraction of sp³-hybridized carbons (Fsp3) is 0.143. The highest BCUT2D eigenvalue weighted by Crippen LogP contribution is 1.98. The van der Waals surface area contributed by atoms with Crippen LogP contribution in [0.15, 0.2) is 18.2 Å². The van der Waals surface area contributed by atoms with Gasteiger partial charge >= 0.3 is 0 Å². The zero-order chi connectivity index (χ0) is 6.69. The van der Waals surface area contributed by atoms with Gasteiger partial charge in [0.25, 0.3) is 0 Å². The topological polar surface area (TPSA) is 12.9 Å². The summed E-state index contributed by atoms with van der Waals surface area (Å²) in [5.74, 6) is 0. The minimum Gasteiger partial charge on any atom is -0.255 e. The zero-order valence-electron chi connectivity index (χ0n) is 4.97. The lowest BCUT2D eigenvalue weighted by Gasteiger charge is -1.92. The van der Waals surface area contributed by atoms with E-state index in [0.29, 0.717) is 11.4 Å². The number of hydrogen-bond donors (Lipinski definition) is 0. The third kappa shape index (κ3) is 1.49. The zero-order valence-corrected chi connectivity index (χ0v) is 4.97. The highest BCUT2D eigenvalue weighted by molar-refractivity contribution is 5.12. The minimum absolute atomic E-state index is 0.447. The van der Waals surface area contributed by atoms with E-state index in [4.69, 9.17) is 0 Å². The largest absolute Gasteiger partial charge is 0.255 e. The molecule has 0 saturated heterocycles. The molecule has 0 aliphatic heterocycles. The van der Waals surface area contributed by atoms with Gasteiger partial charge in [0, 0.05) is 5.69 Å². The van der Waals surface area contributed by atoms with Crippen molar-refractivity contribution in [3.63, 3.8) is 0 Å². The molecule has 0 spiro atoms. The van der Waals surface area contributed by atoms with Crippen LogP contribution in [0.2, 0.25) is 0 Å². The van der Waals surface area contributed by atoms with Crippen LogP contribution in [0.3, 0.4) is 0 Å². The van der Waals surface area contributed by atoms with E-state index < -0.39 is 6.67 Å². The molecule has 47 valence electrons. The van der Waals surface area contributed by atoms with E-state index in [-0.39, 0.29) is 0 Å². The summed E-state index contributed by atoms with van der Waals surface area (Å²) in [5.41, 5.74) is 1.06. The number of nitrogens with zero attached hydrogens (tertiary/aromatic N) is 1. The van der Waals surface area contributed by atoms with Crippen LogP contribution >= 0.6 is 0 Å². The predicted molar refractivity (Wildman–Crippen MR) is 33.5 cm³/mol. The van der Waals surface area contributed by atoms with E-state index in [0.717, 1.165) is 0 Å². The van der Waals surface area contributed by atoms with Crippen LogP contribution < -0.4 is 0 Å². The Labute approximate surface area is 53.5 Å². The maximum atomic E-state index is 11.8. The van der Waals surface area contributed by atoms with Gasteiger partial charge in [-0.1, -0.05) is 6.07 Å². The lowest BCUT2D eigenvalue weighted by Crippen LogP contribution is -1.86. The molecule has 0 aromatic carbocycles. The molecule has 0 unspecified atom stereocenters. The Morgan fingerprint density at radius 2 is 2.33 bits per heavy atom. The van der Waals surface area contributed by atoms with Gasteiger partial charge in [-0.3, -0.25) is 4.98 Å². The third-order valence-corrected chi connectivity index (χ3v) is 1.00. The van der Waals surface area contributed by atoms with Crippen molar-refractivity contribution in [3.8, 4) is 0 Å². The smallest absolute Gasteiger partial charge is 0.131 e. The van der Waals surface area contributed by atoms with Gasteiger partial charge in [-0.05, 0) is 19.1 Å². The Morgan fingerprint density at radius 3 is 2.78 bits per heavy atom. The summed E-state index contributed by atoms with van der Waals surface area (Å²) < 4.78 is 11.8. The van der Waals surface area contributed by atoms with Crippen molar-refractivity contribution in [1.82, 2.24) is 4.98 Å². The normalized spacial score (nSPS) is 9.56. The first-order chi connectivity index (χ1) is 4.33. The molecule has 0 saturated carbocycles. The summed E-state index contributed by atoms with van der Waals surface area (Å²) in [4.78, 5) is 3.81. The van der Waals surface area contributed by atoms with E-state index in [1.165, 1.54) is 0 Å². The Kier molecular flexibility index (Phi) is 1.78. The van der Waals surface area contributed by atoms with E-state index in [9.17, 15) is 4.39 Å². The van der Waals surface area contributed by atoms with E-state index in [1.807, 2.05) is 0 Å². The molecule has 0 aliphatic rings. The second-order valence-corrected chi connectivity index (χ2v) is 1.75. The quantitative estimate of drug-likeness (QED) is 0.555. The van der Waals surface area contributed by atoms with Crippen molar-refractivity contribution in [2.45, 2.75) is 6.67 Å². The molecule has 9 heavy (non-hydrogen) atoms. The monoisotopic (exact) mass is 124 g/mol. The summed E-state index contributed by atoms with van der Waals surface area (Å²) in [7, 11) is 0. The molecule has 2 heteroatoms. The molecule has 1 aromatic rings. The van der Waals surface area contributed by atoms with E-state index in [1.54, 1.807) is 18.2 Å². The van der Waals surface area contributed by atoms with Gasteiger partial charge in [-0.25, -0.2) is 4.39 Å². The molecule has 0 bridgehead atoms. The Bertz CT molecular complexity index is 198. The van der Waals surface area contributed by atoms with Crippen molar-refractivity contribution in [1.29, 1.82) is 0 Å². The average Bonchev–Trinajstić information content (AvgIpc) is 1.88. The number of hydrogen-bond acceptors (Lipinski definition) is 1. The molecular formula is C7H7FN. The van der Waals surface area contributed by atoms with Gasteiger partial charge in [0.2, 0.25) is 0 Å². The van der Waals surface area contributed by atoms with Crippen molar-refractivity contribution in [2.75, 3.05) is 0 Å². The summed E-state index contributed by atoms with van der Waals surface area (Å²) in [6, 6.07) is 5.11. The highest BCUT2D eigenvalue weighted by atomic mass is 19.1. The fourth-order valence-electron chi connectivity index (χ4n) is 0.604. The maximum absolute atomic E-state index is 11.8. The van der Waals surface area contributed by atoms with Crippen LogP contribution in [-0.4, -0.2) is 4.98 Å². The first-order valence-electron chi connectivity index (χ1n) is 2.67. The molecule has 1 radical (unpaired) electrons. The number of aromatic nitrogens is 1. The number of halogens is 1. The van der Waals surface area contributed by atoms with Crippen molar-refractivity contribution < 1.29 is 4.39 Å². The predicted octanol–water partition coefficient (Wildman–Crippen LogP) is 1.73. The van der Waals surface area contributed by atoms with Gasteiger partial charge in [0.1, 0.15) is 6.67 Å². The molecular weight excluding hydrogens is 117 g/mol. The molecule has 1 rings (SSSR count). The summed E-state index contributed by atoms with van der Waals surface area (Å²) in [5, 5.41) is 0. The van der Waals surface area contributed by atoms with Crippen LogP contribution in [0.4, 0.5) is 4.39 Å². The van der Waals surface area contributed by atoms with Gasteiger partial charge in [-0.2, -0.15) is 0 Å². The second-order valence-electron chi connectivity index (χ2n) is 1.75. The first kappa shape index (κ1) is 6.20. The average molecular weight is 124 g/mol. The van der Waals surface area contributed by atoms with E-state index in [2.05, 4.69) is 11.9 Å².